The first-order valence-corrected chi connectivity index (χ1v) is 0. The third-order valence-corrected chi connectivity index (χ3v) is 0. The summed E-state index contributed by atoms with van der Waals surface area (Å²) in [6, 6.07) is 0. The molecule has 0 atom stereocenters. The Bertz CT molecular complexity index is 8.75. The molecule has 0 aliphatic carbocycles. The molecule has 0 saturated carbocycles. The van der Waals surface area contributed by atoms with Gasteiger partial charge in [-0.25, -0.2) is 0 Å². The Hall–Kier alpha value is 2.33. The van der Waals surface area contributed by atoms with Gasteiger partial charge in [0.1, 0.15) is 0 Å². The molecule has 3 nitrogen and oxygen atoms in total. The monoisotopic (exact) mass is 338 g/mol. The van der Waals surface area contributed by atoms with Gasteiger partial charge in [0.2, 0.25) is 0 Å². The molecular weight excluding hydrogens is 326 g/mol. The van der Waals surface area contributed by atoms with Crippen molar-refractivity contribution in [2.24, 2.45) is 0 Å². The van der Waals surface area contributed by atoms with Crippen LogP contribution in [-0.4, -0.2) is 68.1 Å². The molecule has 6 N–H and O–H groups in total. The zero-order chi connectivity index (χ0) is 0. The molecule has 0 aromatic carbocycles. The van der Waals surface area contributed by atoms with Crippen molar-refractivity contribution in [3.8, 4) is 0 Å². The van der Waals surface area contributed by atoms with Crippen LogP contribution in [0.2, 0.25) is 0 Å². The van der Waals surface area contributed by atoms with E-state index in [0.29, 0.717) is 0 Å². The van der Waals surface area contributed by atoms with Crippen molar-refractivity contribution in [3.63, 3.8) is 0 Å². The van der Waals surface area contributed by atoms with Gasteiger partial charge in [-0.1, -0.05) is 0 Å². The molecule has 40 valence electrons. The molecule has 0 aliphatic rings. The Morgan fingerprint density at radius 2 is 0.500 bits per heavy atom. The van der Waals surface area contributed by atoms with Gasteiger partial charge in [0.15, 0.2) is 0 Å². The van der Waals surface area contributed by atoms with Crippen molar-refractivity contribution >= 4 is 51.7 Å². The molecule has 0 aromatic heterocycles. The van der Waals surface area contributed by atoms with Crippen molar-refractivity contribution in [2.75, 3.05) is 0 Å². The molecule has 6 heavy (non-hydrogen) atoms. The molecule has 0 rings (SSSR count). The van der Waals surface area contributed by atoms with Gasteiger partial charge in [-0.2, -0.15) is 0 Å². The fourth-order valence-electron chi connectivity index (χ4n) is 0. The SMILES string of the molecule is O.O.O.[InH3].[InH3].[Ti]. The Morgan fingerprint density at radius 1 is 0.500 bits per heavy atom. The first-order valence-electron chi connectivity index (χ1n) is 0. The third-order valence-electron chi connectivity index (χ3n) is 0. The summed E-state index contributed by atoms with van der Waals surface area (Å²) in [5.41, 5.74) is 0. The standard InChI is InChI=1S/2In.3H2O.Ti.6H/h;;3*1H2;;;;;;;. The summed E-state index contributed by atoms with van der Waals surface area (Å²) in [4.78, 5) is 0. The topological polar surface area (TPSA) is 94.5 Å². The first-order chi connectivity index (χ1) is 0. The zero-order valence-corrected chi connectivity index (χ0v) is 3.56. The maximum atomic E-state index is 0. The molecule has 0 spiro atoms. The van der Waals surface area contributed by atoms with Crippen LogP contribution in [0.5, 0.6) is 0 Å². The normalized spacial score (nSPS) is 0. The van der Waals surface area contributed by atoms with Crippen LogP contribution in [0.3, 0.4) is 0 Å². The molecule has 0 radical (unpaired) electrons. The van der Waals surface area contributed by atoms with E-state index in [0.717, 1.165) is 0 Å². The maximum Gasteiger partial charge on any atom is 0 e. The van der Waals surface area contributed by atoms with Gasteiger partial charge >= 0.3 is 51.7 Å². The second kappa shape index (κ2) is 54.0. The number of hydrogen-bond donors (Lipinski definition) is 0. The van der Waals surface area contributed by atoms with E-state index in [4.69, 9.17) is 0 Å². The van der Waals surface area contributed by atoms with Crippen molar-refractivity contribution in [3.05, 3.63) is 0 Å². The van der Waals surface area contributed by atoms with E-state index in [-0.39, 0.29) is 89.8 Å². The minimum absolute atomic E-state index is 0. The van der Waals surface area contributed by atoms with Crippen molar-refractivity contribution < 1.29 is 38.1 Å². The van der Waals surface area contributed by atoms with Crippen LogP contribution in [0, 0.1) is 0 Å². The van der Waals surface area contributed by atoms with Crippen LogP contribution in [-0.2, 0) is 21.7 Å². The predicted octanol–water partition coefficient (Wildman–Crippen LogP) is -4.84. The van der Waals surface area contributed by atoms with Gasteiger partial charge in [0, 0.05) is 21.7 Å². The second-order valence-corrected chi connectivity index (χ2v) is 0. The fraction of sp³-hybridized carbons (Fsp3) is 0. The van der Waals surface area contributed by atoms with E-state index in [1.54, 1.807) is 0 Å². The van der Waals surface area contributed by atoms with Crippen LogP contribution in [0.4, 0.5) is 0 Å². The molecule has 0 saturated heterocycles. The molecule has 0 unspecified atom stereocenters. The Balaban J connectivity index is 0. The average molecular weight is 338 g/mol. The third kappa shape index (κ3) is 33.1. The van der Waals surface area contributed by atoms with E-state index >= 15 is 0 Å². The summed E-state index contributed by atoms with van der Waals surface area (Å²) in [7, 11) is 0. The fourth-order valence-corrected chi connectivity index (χ4v) is 0. The van der Waals surface area contributed by atoms with Crippen LogP contribution in [0.25, 0.3) is 0 Å². The molecule has 0 fully saturated rings. The molecule has 0 heterocycles. The van der Waals surface area contributed by atoms with Gasteiger partial charge in [0.05, 0.1) is 0 Å². The van der Waals surface area contributed by atoms with Gasteiger partial charge in [0.25, 0.3) is 0 Å². The van der Waals surface area contributed by atoms with E-state index in [1.807, 2.05) is 0 Å². The van der Waals surface area contributed by atoms with Crippen molar-refractivity contribution in [1.29, 1.82) is 0 Å². The molecule has 0 bridgehead atoms. The molecule has 6 heteroatoms. The van der Waals surface area contributed by atoms with Gasteiger partial charge in [-0.05, 0) is 0 Å². The number of rotatable bonds is 0. The summed E-state index contributed by atoms with van der Waals surface area (Å²) in [5.74, 6) is 0. The molecule has 0 amide bonds. The quantitative estimate of drug-likeness (QED) is 0.397. The Morgan fingerprint density at radius 3 is 0.500 bits per heavy atom. The first kappa shape index (κ1) is 82.3. The van der Waals surface area contributed by atoms with E-state index in [2.05, 4.69) is 0 Å². The van der Waals surface area contributed by atoms with Crippen molar-refractivity contribution in [1.82, 2.24) is 0 Å². The van der Waals surface area contributed by atoms with Crippen LogP contribution >= 0.6 is 0 Å². The summed E-state index contributed by atoms with van der Waals surface area (Å²) in [6.45, 7) is 0. The summed E-state index contributed by atoms with van der Waals surface area (Å²) < 4.78 is 0. The van der Waals surface area contributed by atoms with Crippen LogP contribution in [0.1, 0.15) is 0 Å². The minimum Gasteiger partial charge on any atom is 0 e. The summed E-state index contributed by atoms with van der Waals surface area (Å²) >= 11 is 0. The Labute approximate surface area is 88.6 Å². The molecular formula is H12In2O3Ti. The van der Waals surface area contributed by atoms with Gasteiger partial charge in [-0.15, -0.1) is 0 Å². The summed E-state index contributed by atoms with van der Waals surface area (Å²) in [5, 5.41) is 0. The van der Waals surface area contributed by atoms with Crippen molar-refractivity contribution in [2.45, 2.75) is 0 Å². The van der Waals surface area contributed by atoms with Crippen LogP contribution < -0.4 is 0 Å². The maximum absolute atomic E-state index is 0. The molecule has 0 aromatic rings. The van der Waals surface area contributed by atoms with E-state index in [1.165, 1.54) is 0 Å². The van der Waals surface area contributed by atoms with Gasteiger partial charge < -0.3 is 16.4 Å². The zero-order valence-electron chi connectivity index (χ0n) is 2.00. The van der Waals surface area contributed by atoms with E-state index in [9.17, 15) is 0 Å². The second-order valence-electron chi connectivity index (χ2n) is 0. The van der Waals surface area contributed by atoms with Crippen LogP contribution in [0.15, 0.2) is 0 Å². The molecule has 0 aliphatic heterocycles. The average Bonchev–Trinajstić information content (AvgIpc) is 0. The smallest absolute Gasteiger partial charge is 0 e. The van der Waals surface area contributed by atoms with Gasteiger partial charge in [-0.3, -0.25) is 0 Å². The largest absolute Gasteiger partial charge is 0 e. The number of hydrogen-bond acceptors (Lipinski definition) is 0. The Kier molecular flexibility index (Phi) is 740. The predicted molar refractivity (Wildman–Crippen MR) is 30.7 cm³/mol. The summed E-state index contributed by atoms with van der Waals surface area (Å²) in [6.07, 6.45) is 0. The van der Waals surface area contributed by atoms with E-state index < -0.39 is 0 Å². The minimum atomic E-state index is 0.